The molecule has 0 saturated heterocycles. The molecule has 0 N–H and O–H groups in total. The molecule has 1 aromatic carbocycles. The SMILES string of the molecule is CN1C(=O)Cc2cc(C(Cl)CCC(F)(F)F)ccc21. The van der Waals surface area contributed by atoms with Crippen LogP contribution in [-0.2, 0) is 11.2 Å². The van der Waals surface area contributed by atoms with Crippen LogP contribution < -0.4 is 4.90 Å². The highest BCUT2D eigenvalue weighted by atomic mass is 35.5. The summed E-state index contributed by atoms with van der Waals surface area (Å²) in [4.78, 5) is 13.1. The molecule has 0 spiro atoms. The number of nitrogens with zero attached hydrogens (tertiary/aromatic N) is 1. The van der Waals surface area contributed by atoms with Crippen LogP contribution >= 0.6 is 11.6 Å². The molecule has 2 rings (SSSR count). The van der Waals surface area contributed by atoms with Gasteiger partial charge in [0, 0.05) is 19.2 Å². The van der Waals surface area contributed by atoms with Gasteiger partial charge in [0.2, 0.25) is 5.91 Å². The van der Waals surface area contributed by atoms with Gasteiger partial charge >= 0.3 is 6.18 Å². The van der Waals surface area contributed by atoms with Gasteiger partial charge in [-0.15, -0.1) is 11.6 Å². The minimum Gasteiger partial charge on any atom is -0.315 e. The number of carbonyl (C=O) groups is 1. The Morgan fingerprint density at radius 1 is 1.42 bits per heavy atom. The second-order valence-corrected chi connectivity index (χ2v) is 5.17. The summed E-state index contributed by atoms with van der Waals surface area (Å²) >= 11 is 5.99. The molecule has 0 fully saturated rings. The standard InChI is InChI=1S/C13H13ClF3NO/c1-18-11-3-2-8(6-9(11)7-12(18)19)10(14)4-5-13(15,16)17/h2-3,6,10H,4-5,7H2,1H3. The Balaban J connectivity index is 2.11. The van der Waals surface area contributed by atoms with Gasteiger partial charge in [0.05, 0.1) is 11.8 Å². The number of fused-ring (bicyclic) bond motifs is 1. The molecule has 2 nitrogen and oxygen atoms in total. The second kappa shape index (κ2) is 5.04. The monoisotopic (exact) mass is 291 g/mol. The van der Waals surface area contributed by atoms with Crippen LogP contribution in [0.25, 0.3) is 0 Å². The Kier molecular flexibility index (Phi) is 3.76. The summed E-state index contributed by atoms with van der Waals surface area (Å²) in [7, 11) is 1.68. The number of carbonyl (C=O) groups excluding carboxylic acids is 1. The molecule has 1 aliphatic rings. The average Bonchev–Trinajstić information content (AvgIpc) is 2.61. The van der Waals surface area contributed by atoms with E-state index in [9.17, 15) is 18.0 Å². The molecule has 1 heterocycles. The first-order chi connectivity index (χ1) is 8.78. The van der Waals surface area contributed by atoms with Crippen molar-refractivity contribution in [3.8, 4) is 0 Å². The van der Waals surface area contributed by atoms with Gasteiger partial charge in [-0.3, -0.25) is 4.79 Å². The van der Waals surface area contributed by atoms with E-state index in [0.717, 1.165) is 11.3 Å². The molecule has 6 heteroatoms. The Hall–Kier alpha value is -1.23. The number of hydrogen-bond acceptors (Lipinski definition) is 1. The third-order valence-electron chi connectivity index (χ3n) is 3.22. The summed E-state index contributed by atoms with van der Waals surface area (Å²) in [6.45, 7) is 0. The minimum absolute atomic E-state index is 0.0198. The largest absolute Gasteiger partial charge is 0.389 e. The van der Waals surface area contributed by atoms with E-state index >= 15 is 0 Å². The Morgan fingerprint density at radius 3 is 2.74 bits per heavy atom. The minimum atomic E-state index is -4.19. The van der Waals surface area contributed by atoms with Gasteiger partial charge in [0.25, 0.3) is 0 Å². The van der Waals surface area contributed by atoms with Crippen molar-refractivity contribution >= 4 is 23.2 Å². The highest BCUT2D eigenvalue weighted by molar-refractivity contribution is 6.20. The quantitative estimate of drug-likeness (QED) is 0.775. The zero-order valence-electron chi connectivity index (χ0n) is 10.3. The number of alkyl halides is 4. The molecule has 104 valence electrons. The van der Waals surface area contributed by atoms with Crippen molar-refractivity contribution in [1.82, 2.24) is 0 Å². The number of hydrogen-bond donors (Lipinski definition) is 0. The van der Waals surface area contributed by atoms with Crippen LogP contribution in [0.1, 0.15) is 29.3 Å². The van der Waals surface area contributed by atoms with Crippen LogP contribution in [0.2, 0.25) is 0 Å². The third-order valence-corrected chi connectivity index (χ3v) is 3.69. The molecule has 0 bridgehead atoms. The maximum atomic E-state index is 12.1. The molecule has 0 aliphatic carbocycles. The Morgan fingerprint density at radius 2 is 2.11 bits per heavy atom. The summed E-state index contributed by atoms with van der Waals surface area (Å²) in [5.74, 6) is -0.0198. The van der Waals surface area contributed by atoms with Gasteiger partial charge in [-0.25, -0.2) is 0 Å². The maximum Gasteiger partial charge on any atom is 0.389 e. The fourth-order valence-electron chi connectivity index (χ4n) is 2.14. The molecular formula is C13H13ClF3NO. The van der Waals surface area contributed by atoms with Crippen LogP contribution in [-0.4, -0.2) is 19.1 Å². The first-order valence-corrected chi connectivity index (χ1v) is 6.32. The van der Waals surface area contributed by atoms with E-state index < -0.39 is 18.0 Å². The number of rotatable bonds is 3. The van der Waals surface area contributed by atoms with Crippen molar-refractivity contribution in [2.75, 3.05) is 11.9 Å². The van der Waals surface area contributed by atoms with Crippen molar-refractivity contribution < 1.29 is 18.0 Å². The van der Waals surface area contributed by atoms with Crippen molar-refractivity contribution in [3.63, 3.8) is 0 Å². The van der Waals surface area contributed by atoms with Crippen molar-refractivity contribution in [2.45, 2.75) is 30.8 Å². The van der Waals surface area contributed by atoms with E-state index in [1.165, 1.54) is 4.90 Å². The lowest BCUT2D eigenvalue weighted by Crippen LogP contribution is -2.20. The van der Waals surface area contributed by atoms with Crippen molar-refractivity contribution in [3.05, 3.63) is 29.3 Å². The van der Waals surface area contributed by atoms with E-state index in [1.54, 1.807) is 25.2 Å². The molecule has 0 radical (unpaired) electrons. The molecular weight excluding hydrogens is 279 g/mol. The zero-order chi connectivity index (χ0) is 14.2. The fraction of sp³-hybridized carbons (Fsp3) is 0.462. The molecule has 0 aromatic heterocycles. The third kappa shape index (κ3) is 3.21. The molecule has 1 amide bonds. The highest BCUT2D eigenvalue weighted by Gasteiger charge is 2.29. The summed E-state index contributed by atoms with van der Waals surface area (Å²) in [6, 6.07) is 5.14. The van der Waals surface area contributed by atoms with E-state index in [0.29, 0.717) is 5.56 Å². The first-order valence-electron chi connectivity index (χ1n) is 5.88. The molecule has 0 saturated carbocycles. The zero-order valence-corrected chi connectivity index (χ0v) is 11.1. The smallest absolute Gasteiger partial charge is 0.315 e. The molecule has 19 heavy (non-hydrogen) atoms. The fourth-order valence-corrected chi connectivity index (χ4v) is 2.39. The normalized spacial score (nSPS) is 16.7. The van der Waals surface area contributed by atoms with Gasteiger partial charge in [-0.1, -0.05) is 12.1 Å². The van der Waals surface area contributed by atoms with Gasteiger partial charge in [0.15, 0.2) is 0 Å². The number of benzene rings is 1. The molecule has 1 atom stereocenters. The predicted molar refractivity (Wildman–Crippen MR) is 67.4 cm³/mol. The molecule has 1 aliphatic heterocycles. The lowest BCUT2D eigenvalue weighted by atomic mass is 10.0. The topological polar surface area (TPSA) is 20.3 Å². The Labute approximate surface area is 114 Å². The lowest BCUT2D eigenvalue weighted by molar-refractivity contribution is -0.135. The number of amides is 1. The van der Waals surface area contributed by atoms with Crippen LogP contribution in [0, 0.1) is 0 Å². The summed E-state index contributed by atoms with van der Waals surface area (Å²) in [6.07, 6.45) is -4.98. The number of likely N-dealkylation sites (N-methyl/N-ethyl adjacent to an activating group) is 1. The number of halogens is 4. The van der Waals surface area contributed by atoms with Crippen molar-refractivity contribution in [2.24, 2.45) is 0 Å². The number of anilines is 1. The van der Waals surface area contributed by atoms with Gasteiger partial charge in [-0.2, -0.15) is 13.2 Å². The maximum absolute atomic E-state index is 12.1. The van der Waals surface area contributed by atoms with Crippen molar-refractivity contribution in [1.29, 1.82) is 0 Å². The van der Waals surface area contributed by atoms with Gasteiger partial charge in [-0.05, 0) is 23.6 Å². The van der Waals surface area contributed by atoms with E-state index in [4.69, 9.17) is 11.6 Å². The van der Waals surface area contributed by atoms with Crippen LogP contribution in [0.4, 0.5) is 18.9 Å². The van der Waals surface area contributed by atoms with Crippen LogP contribution in [0.5, 0.6) is 0 Å². The summed E-state index contributed by atoms with van der Waals surface area (Å²) < 4.78 is 36.4. The van der Waals surface area contributed by atoms with Gasteiger partial charge in [0.1, 0.15) is 0 Å². The first kappa shape index (κ1) is 14.2. The second-order valence-electron chi connectivity index (χ2n) is 4.64. The molecule has 1 unspecified atom stereocenters. The highest BCUT2D eigenvalue weighted by Crippen LogP contribution is 2.35. The van der Waals surface area contributed by atoms with Gasteiger partial charge < -0.3 is 4.90 Å². The Bertz CT molecular complexity index is 501. The van der Waals surface area contributed by atoms with Crippen LogP contribution in [0.15, 0.2) is 18.2 Å². The van der Waals surface area contributed by atoms with E-state index in [1.807, 2.05) is 0 Å². The molecule has 1 aromatic rings. The lowest BCUT2D eigenvalue weighted by Gasteiger charge is -2.14. The summed E-state index contributed by atoms with van der Waals surface area (Å²) in [5, 5.41) is -0.687. The van der Waals surface area contributed by atoms with E-state index in [-0.39, 0.29) is 18.7 Å². The summed E-state index contributed by atoms with van der Waals surface area (Å²) in [5.41, 5.74) is 2.25. The predicted octanol–water partition coefficient (Wildman–Crippen LogP) is 3.83. The van der Waals surface area contributed by atoms with E-state index in [2.05, 4.69) is 0 Å². The average molecular weight is 292 g/mol. The van der Waals surface area contributed by atoms with Crippen LogP contribution in [0.3, 0.4) is 0 Å².